The summed E-state index contributed by atoms with van der Waals surface area (Å²) in [5.41, 5.74) is 2.21. The van der Waals surface area contributed by atoms with Crippen LogP contribution in [0, 0.1) is 6.92 Å². The fraction of sp³-hybridized carbons (Fsp3) is 0.208. The number of sulfonamides is 1. The summed E-state index contributed by atoms with van der Waals surface area (Å²) in [7, 11) is -2.24. The minimum atomic E-state index is -3.81. The number of carbonyl (C=O) groups excluding carboxylic acids is 1. The molecule has 0 spiro atoms. The van der Waals surface area contributed by atoms with Crippen molar-refractivity contribution in [1.82, 2.24) is 9.21 Å². The van der Waals surface area contributed by atoms with Gasteiger partial charge in [0.2, 0.25) is 10.0 Å². The van der Waals surface area contributed by atoms with Gasteiger partial charge in [-0.3, -0.25) is 4.79 Å². The molecule has 0 bridgehead atoms. The summed E-state index contributed by atoms with van der Waals surface area (Å²) in [6.07, 6.45) is -0.745. The highest BCUT2D eigenvalue weighted by Gasteiger charge is 2.43. The first-order valence-corrected chi connectivity index (χ1v) is 11.4. The Kier molecular flexibility index (Phi) is 5.80. The van der Waals surface area contributed by atoms with Crippen LogP contribution in [0.3, 0.4) is 0 Å². The molecule has 1 heterocycles. The molecule has 1 atom stereocenters. The maximum Gasteiger partial charge on any atom is 0.255 e. The zero-order chi connectivity index (χ0) is 22.0. The molecule has 31 heavy (non-hydrogen) atoms. The van der Waals surface area contributed by atoms with Crippen LogP contribution in [0.25, 0.3) is 0 Å². The number of amides is 1. The van der Waals surface area contributed by atoms with Crippen molar-refractivity contribution >= 4 is 15.9 Å². The molecule has 1 aliphatic rings. The molecular formula is C24H24N2O4S. The lowest BCUT2D eigenvalue weighted by molar-refractivity contribution is 0.0693. The van der Waals surface area contributed by atoms with Crippen molar-refractivity contribution in [2.75, 3.05) is 20.2 Å². The topological polar surface area (TPSA) is 66.9 Å². The number of carbonyl (C=O) groups is 1. The molecule has 3 aromatic carbocycles. The number of methoxy groups -OCH3 is 1. The minimum absolute atomic E-state index is 0.206. The molecule has 6 nitrogen and oxygen atoms in total. The molecule has 0 aromatic heterocycles. The fourth-order valence-corrected chi connectivity index (χ4v) is 5.36. The second-order valence-corrected chi connectivity index (χ2v) is 9.33. The molecule has 1 aliphatic heterocycles. The Labute approximate surface area is 182 Å². The molecule has 7 heteroatoms. The number of aryl methyl sites for hydroxylation is 1. The van der Waals surface area contributed by atoms with Crippen LogP contribution in [0.2, 0.25) is 0 Å². The van der Waals surface area contributed by atoms with Crippen molar-refractivity contribution in [3.63, 3.8) is 0 Å². The predicted octanol–water partition coefficient (Wildman–Crippen LogP) is 3.85. The Bertz CT molecular complexity index is 1160. The highest BCUT2D eigenvalue weighted by Crippen LogP contribution is 2.36. The van der Waals surface area contributed by atoms with Gasteiger partial charge in [0.1, 0.15) is 11.9 Å². The zero-order valence-corrected chi connectivity index (χ0v) is 18.2. The van der Waals surface area contributed by atoms with Crippen molar-refractivity contribution in [3.05, 3.63) is 95.6 Å². The lowest BCUT2D eigenvalue weighted by Crippen LogP contribution is -2.38. The summed E-state index contributed by atoms with van der Waals surface area (Å²) in [4.78, 5) is 15.1. The lowest BCUT2D eigenvalue weighted by atomic mass is 10.1. The van der Waals surface area contributed by atoms with Crippen molar-refractivity contribution in [2.45, 2.75) is 18.0 Å². The fourth-order valence-electron chi connectivity index (χ4n) is 3.79. The van der Waals surface area contributed by atoms with E-state index in [-0.39, 0.29) is 17.3 Å². The first-order valence-electron chi connectivity index (χ1n) is 10.0. The number of rotatable bonds is 5. The average molecular weight is 437 g/mol. The van der Waals surface area contributed by atoms with E-state index in [0.29, 0.717) is 23.4 Å². The summed E-state index contributed by atoms with van der Waals surface area (Å²) >= 11 is 0. The van der Waals surface area contributed by atoms with Gasteiger partial charge in [0.05, 0.1) is 12.0 Å². The van der Waals surface area contributed by atoms with E-state index >= 15 is 0 Å². The van der Waals surface area contributed by atoms with Gasteiger partial charge in [0.15, 0.2) is 0 Å². The minimum Gasteiger partial charge on any atom is -0.497 e. The summed E-state index contributed by atoms with van der Waals surface area (Å²) in [5, 5.41) is 0. The van der Waals surface area contributed by atoms with Crippen LogP contribution in [0.5, 0.6) is 5.75 Å². The largest absolute Gasteiger partial charge is 0.497 e. The maximum atomic E-state index is 13.5. The third kappa shape index (κ3) is 4.06. The highest BCUT2D eigenvalue weighted by atomic mass is 32.2. The van der Waals surface area contributed by atoms with Crippen molar-refractivity contribution in [1.29, 1.82) is 0 Å². The molecule has 4 rings (SSSR count). The standard InChI is InChI=1S/C24H24N2O4S/c1-18-8-14-22(15-9-18)31(28,29)26-17-16-25(24(27)20-6-4-3-5-7-20)23(26)19-10-12-21(30-2)13-11-19/h3-15,23H,16-17H2,1-2H3/t23-/m0/s1. The van der Waals surface area contributed by atoms with Crippen molar-refractivity contribution in [3.8, 4) is 5.75 Å². The molecule has 0 aliphatic carbocycles. The van der Waals surface area contributed by atoms with E-state index in [1.165, 1.54) is 4.31 Å². The number of nitrogens with zero attached hydrogens (tertiary/aromatic N) is 2. The van der Waals surface area contributed by atoms with Crippen molar-refractivity contribution < 1.29 is 17.9 Å². The summed E-state index contributed by atoms with van der Waals surface area (Å²) in [6.45, 7) is 2.42. The van der Waals surface area contributed by atoms with Gasteiger partial charge < -0.3 is 9.64 Å². The number of benzene rings is 3. The van der Waals surface area contributed by atoms with Gasteiger partial charge in [0, 0.05) is 18.7 Å². The van der Waals surface area contributed by atoms with Gasteiger partial charge in [-0.25, -0.2) is 8.42 Å². The van der Waals surface area contributed by atoms with Crippen LogP contribution < -0.4 is 4.74 Å². The average Bonchev–Trinajstić information content (AvgIpc) is 3.25. The van der Waals surface area contributed by atoms with E-state index in [1.54, 1.807) is 84.8 Å². The van der Waals surface area contributed by atoms with Gasteiger partial charge >= 0.3 is 0 Å². The Morgan fingerprint density at radius 3 is 2.16 bits per heavy atom. The smallest absolute Gasteiger partial charge is 0.255 e. The second-order valence-electron chi connectivity index (χ2n) is 7.44. The Balaban J connectivity index is 1.77. The molecule has 1 saturated heterocycles. The normalized spacial score (nSPS) is 17.0. The Morgan fingerprint density at radius 2 is 1.55 bits per heavy atom. The summed E-state index contributed by atoms with van der Waals surface area (Å²) < 4.78 is 33.7. The first-order chi connectivity index (χ1) is 14.9. The molecule has 160 valence electrons. The van der Waals surface area contributed by atoms with Gasteiger partial charge in [-0.2, -0.15) is 4.31 Å². The Hall–Kier alpha value is -3.16. The SMILES string of the molecule is COc1ccc([C@H]2N(C(=O)c3ccccc3)CCN2S(=O)(=O)c2ccc(C)cc2)cc1. The molecule has 0 radical (unpaired) electrons. The van der Waals surface area contributed by atoms with E-state index in [4.69, 9.17) is 4.74 Å². The third-order valence-corrected chi connectivity index (χ3v) is 7.32. The summed E-state index contributed by atoms with van der Waals surface area (Å²) in [6, 6.07) is 22.8. The molecule has 1 amide bonds. The van der Waals surface area contributed by atoms with Crippen LogP contribution in [-0.2, 0) is 10.0 Å². The first kappa shape index (κ1) is 21.1. The molecule has 1 fully saturated rings. The highest BCUT2D eigenvalue weighted by molar-refractivity contribution is 7.89. The summed E-state index contributed by atoms with van der Waals surface area (Å²) in [5.74, 6) is 0.457. The van der Waals surface area contributed by atoms with Gasteiger partial charge in [-0.1, -0.05) is 48.0 Å². The molecule has 0 unspecified atom stereocenters. The van der Waals surface area contributed by atoms with Crippen LogP contribution in [0.15, 0.2) is 83.8 Å². The van der Waals surface area contributed by atoms with E-state index in [9.17, 15) is 13.2 Å². The van der Waals surface area contributed by atoms with E-state index < -0.39 is 16.2 Å². The van der Waals surface area contributed by atoms with E-state index in [1.807, 2.05) is 13.0 Å². The van der Waals surface area contributed by atoms with Gasteiger partial charge in [-0.05, 0) is 48.9 Å². The second kappa shape index (κ2) is 8.53. The van der Waals surface area contributed by atoms with Crippen LogP contribution in [-0.4, -0.2) is 43.7 Å². The molecular weight excluding hydrogens is 412 g/mol. The number of ether oxygens (including phenoxy) is 1. The van der Waals surface area contributed by atoms with Crippen LogP contribution in [0.1, 0.15) is 27.7 Å². The predicted molar refractivity (Wildman–Crippen MR) is 118 cm³/mol. The zero-order valence-electron chi connectivity index (χ0n) is 17.4. The lowest BCUT2D eigenvalue weighted by Gasteiger charge is -2.30. The van der Waals surface area contributed by atoms with E-state index in [0.717, 1.165) is 5.56 Å². The maximum absolute atomic E-state index is 13.5. The monoisotopic (exact) mass is 436 g/mol. The molecule has 0 N–H and O–H groups in total. The number of hydrogen-bond donors (Lipinski definition) is 0. The Morgan fingerprint density at radius 1 is 0.903 bits per heavy atom. The van der Waals surface area contributed by atoms with E-state index in [2.05, 4.69) is 0 Å². The van der Waals surface area contributed by atoms with Gasteiger partial charge in [0.25, 0.3) is 5.91 Å². The molecule has 3 aromatic rings. The number of hydrogen-bond acceptors (Lipinski definition) is 4. The third-order valence-electron chi connectivity index (χ3n) is 5.45. The van der Waals surface area contributed by atoms with Gasteiger partial charge in [-0.15, -0.1) is 0 Å². The van der Waals surface area contributed by atoms with Crippen LogP contribution in [0.4, 0.5) is 0 Å². The van der Waals surface area contributed by atoms with Crippen molar-refractivity contribution in [2.24, 2.45) is 0 Å². The molecule has 0 saturated carbocycles. The van der Waals surface area contributed by atoms with Crippen LogP contribution >= 0.6 is 0 Å². The quantitative estimate of drug-likeness (QED) is 0.609.